The maximum atomic E-state index is 12.2. The topological polar surface area (TPSA) is 75.6 Å². The van der Waals surface area contributed by atoms with Gasteiger partial charge in [-0.3, -0.25) is 14.6 Å². The number of carbonyl (C=O) groups excluding carboxylic acids is 1. The highest BCUT2D eigenvalue weighted by Gasteiger charge is 2.15. The summed E-state index contributed by atoms with van der Waals surface area (Å²) >= 11 is 0. The van der Waals surface area contributed by atoms with Gasteiger partial charge in [-0.05, 0) is 25.8 Å². The van der Waals surface area contributed by atoms with E-state index in [0.717, 1.165) is 24.2 Å². The second-order valence-electron chi connectivity index (χ2n) is 4.28. The van der Waals surface area contributed by atoms with Gasteiger partial charge >= 0.3 is 0 Å². The van der Waals surface area contributed by atoms with Gasteiger partial charge in [0.25, 0.3) is 5.91 Å². The van der Waals surface area contributed by atoms with Gasteiger partial charge in [-0.1, -0.05) is 13.8 Å². The number of carbonyl (C=O) groups is 1. The van der Waals surface area contributed by atoms with E-state index in [1.807, 2.05) is 32.9 Å². The molecule has 0 aliphatic rings. The predicted molar refractivity (Wildman–Crippen MR) is 73.2 cm³/mol. The number of hydrogen-bond acceptors (Lipinski definition) is 3. The van der Waals surface area contributed by atoms with E-state index in [-0.39, 0.29) is 5.91 Å². The number of hydrogen-bond donors (Lipinski definition) is 2. The fourth-order valence-corrected chi connectivity index (χ4v) is 1.85. The molecule has 0 aromatic carbocycles. The summed E-state index contributed by atoms with van der Waals surface area (Å²) in [5.74, 6) is 0.368. The third kappa shape index (κ3) is 2.83. The van der Waals surface area contributed by atoms with E-state index in [2.05, 4.69) is 20.6 Å². The van der Waals surface area contributed by atoms with Crippen LogP contribution in [0.25, 0.3) is 0 Å². The van der Waals surface area contributed by atoms with Crippen LogP contribution in [-0.4, -0.2) is 25.9 Å². The van der Waals surface area contributed by atoms with E-state index >= 15 is 0 Å². The zero-order valence-electron chi connectivity index (χ0n) is 11.5. The van der Waals surface area contributed by atoms with E-state index in [1.54, 1.807) is 4.68 Å². The Labute approximate surface area is 112 Å². The van der Waals surface area contributed by atoms with E-state index in [4.69, 9.17) is 0 Å². The second-order valence-corrected chi connectivity index (χ2v) is 4.28. The molecular formula is C13H19N5O. The first-order valence-electron chi connectivity index (χ1n) is 6.60. The zero-order valence-corrected chi connectivity index (χ0v) is 11.5. The van der Waals surface area contributed by atoms with Gasteiger partial charge in [0.2, 0.25) is 0 Å². The normalized spacial score (nSPS) is 10.7. The minimum absolute atomic E-state index is 0.178. The molecule has 102 valence electrons. The van der Waals surface area contributed by atoms with Crippen LogP contribution in [0.1, 0.15) is 42.6 Å². The van der Waals surface area contributed by atoms with Gasteiger partial charge in [-0.2, -0.15) is 10.2 Å². The Morgan fingerprint density at radius 2 is 2.11 bits per heavy atom. The van der Waals surface area contributed by atoms with Crippen LogP contribution in [0.4, 0.5) is 5.82 Å². The van der Waals surface area contributed by atoms with Gasteiger partial charge in [0, 0.05) is 18.3 Å². The number of aryl methyl sites for hydroxylation is 3. The first-order valence-corrected chi connectivity index (χ1v) is 6.60. The standard InChI is InChI=1S/C13H19N5O/c1-4-9-8-12(16-15-9)14-13(19)11-7-10(5-2)17-18(11)6-3/h7-8H,4-6H2,1-3H3,(H2,14,15,16,19). The molecule has 2 heterocycles. The van der Waals surface area contributed by atoms with Crippen LogP contribution in [0.3, 0.4) is 0 Å². The predicted octanol–water partition coefficient (Wildman–Crippen LogP) is 2.00. The number of rotatable bonds is 5. The summed E-state index contributed by atoms with van der Waals surface area (Å²) in [6.07, 6.45) is 1.67. The van der Waals surface area contributed by atoms with Crippen molar-refractivity contribution in [1.29, 1.82) is 0 Å². The van der Waals surface area contributed by atoms with Crippen molar-refractivity contribution in [2.24, 2.45) is 0 Å². The molecule has 1 amide bonds. The highest BCUT2D eigenvalue weighted by Crippen LogP contribution is 2.10. The molecule has 0 fully saturated rings. The Morgan fingerprint density at radius 3 is 2.68 bits per heavy atom. The van der Waals surface area contributed by atoms with Crippen molar-refractivity contribution in [3.63, 3.8) is 0 Å². The van der Waals surface area contributed by atoms with E-state index in [1.165, 1.54) is 0 Å². The molecule has 0 atom stereocenters. The number of nitrogens with one attached hydrogen (secondary N) is 2. The number of H-pyrrole nitrogens is 1. The lowest BCUT2D eigenvalue weighted by atomic mass is 10.3. The number of amides is 1. The van der Waals surface area contributed by atoms with Crippen LogP contribution in [0, 0.1) is 0 Å². The Kier molecular flexibility index (Phi) is 3.99. The summed E-state index contributed by atoms with van der Waals surface area (Å²) in [6.45, 7) is 6.68. The van der Waals surface area contributed by atoms with Crippen LogP contribution in [0.2, 0.25) is 0 Å². The van der Waals surface area contributed by atoms with Crippen molar-refractivity contribution < 1.29 is 4.79 Å². The SMILES string of the molecule is CCc1cc(C(=O)Nc2cc(CC)[nH]n2)n(CC)n1. The Morgan fingerprint density at radius 1 is 1.32 bits per heavy atom. The molecule has 2 aromatic heterocycles. The Hall–Kier alpha value is -2.11. The van der Waals surface area contributed by atoms with Crippen LogP contribution in [0.15, 0.2) is 12.1 Å². The number of aromatic amines is 1. The molecule has 2 rings (SSSR count). The van der Waals surface area contributed by atoms with Crippen molar-refractivity contribution in [3.8, 4) is 0 Å². The smallest absolute Gasteiger partial charge is 0.275 e. The Bertz CT molecular complexity index is 569. The van der Waals surface area contributed by atoms with Gasteiger partial charge in [0.1, 0.15) is 5.69 Å². The maximum Gasteiger partial charge on any atom is 0.275 e. The molecule has 2 aromatic rings. The van der Waals surface area contributed by atoms with E-state index in [9.17, 15) is 4.79 Å². The summed E-state index contributed by atoms with van der Waals surface area (Å²) in [5, 5.41) is 14.1. The lowest BCUT2D eigenvalue weighted by Gasteiger charge is -2.03. The van der Waals surface area contributed by atoms with Crippen molar-refractivity contribution >= 4 is 11.7 Å². The summed E-state index contributed by atoms with van der Waals surface area (Å²) in [5.41, 5.74) is 2.48. The van der Waals surface area contributed by atoms with Crippen molar-refractivity contribution in [2.45, 2.75) is 40.2 Å². The summed E-state index contributed by atoms with van der Waals surface area (Å²) in [6, 6.07) is 3.66. The number of aromatic nitrogens is 4. The fraction of sp³-hybridized carbons (Fsp3) is 0.462. The molecule has 0 bridgehead atoms. The lowest BCUT2D eigenvalue weighted by molar-refractivity contribution is 0.101. The largest absolute Gasteiger partial charge is 0.304 e. The van der Waals surface area contributed by atoms with Crippen LogP contribution in [0.5, 0.6) is 0 Å². The summed E-state index contributed by atoms with van der Waals surface area (Å²) < 4.78 is 1.71. The minimum Gasteiger partial charge on any atom is -0.304 e. The molecule has 0 aliphatic heterocycles. The molecule has 2 N–H and O–H groups in total. The number of nitrogens with zero attached hydrogens (tertiary/aromatic N) is 3. The van der Waals surface area contributed by atoms with E-state index < -0.39 is 0 Å². The third-order valence-corrected chi connectivity index (χ3v) is 2.98. The molecule has 0 saturated carbocycles. The molecule has 0 radical (unpaired) electrons. The molecule has 19 heavy (non-hydrogen) atoms. The quantitative estimate of drug-likeness (QED) is 0.864. The van der Waals surface area contributed by atoms with Crippen molar-refractivity contribution in [2.75, 3.05) is 5.32 Å². The molecule has 6 heteroatoms. The highest BCUT2D eigenvalue weighted by atomic mass is 16.2. The van der Waals surface area contributed by atoms with Gasteiger partial charge in [-0.25, -0.2) is 0 Å². The van der Waals surface area contributed by atoms with Gasteiger partial charge in [-0.15, -0.1) is 0 Å². The molecule has 0 saturated heterocycles. The fourth-order valence-electron chi connectivity index (χ4n) is 1.85. The first kappa shape index (κ1) is 13.3. The summed E-state index contributed by atoms with van der Waals surface area (Å²) in [4.78, 5) is 12.2. The highest BCUT2D eigenvalue weighted by molar-refractivity contribution is 6.02. The average Bonchev–Trinajstić information content (AvgIpc) is 3.04. The third-order valence-electron chi connectivity index (χ3n) is 2.98. The van der Waals surface area contributed by atoms with Gasteiger partial charge in [0.15, 0.2) is 5.82 Å². The van der Waals surface area contributed by atoms with Crippen LogP contribution >= 0.6 is 0 Å². The maximum absolute atomic E-state index is 12.2. The van der Waals surface area contributed by atoms with Crippen molar-refractivity contribution in [1.82, 2.24) is 20.0 Å². The summed E-state index contributed by atoms with van der Waals surface area (Å²) in [7, 11) is 0. The van der Waals surface area contributed by atoms with Gasteiger partial charge < -0.3 is 5.32 Å². The van der Waals surface area contributed by atoms with Gasteiger partial charge in [0.05, 0.1) is 5.69 Å². The van der Waals surface area contributed by atoms with Crippen molar-refractivity contribution in [3.05, 3.63) is 29.2 Å². The van der Waals surface area contributed by atoms with Crippen LogP contribution in [-0.2, 0) is 19.4 Å². The Balaban J connectivity index is 2.17. The monoisotopic (exact) mass is 261 g/mol. The number of anilines is 1. The van der Waals surface area contributed by atoms with E-state index in [0.29, 0.717) is 18.1 Å². The molecule has 0 aliphatic carbocycles. The lowest BCUT2D eigenvalue weighted by Crippen LogP contribution is -2.17. The molecule has 6 nitrogen and oxygen atoms in total. The minimum atomic E-state index is -0.178. The van der Waals surface area contributed by atoms with Crippen LogP contribution < -0.4 is 5.32 Å². The second kappa shape index (κ2) is 5.69. The zero-order chi connectivity index (χ0) is 13.8. The molecule has 0 unspecified atom stereocenters. The molecule has 0 spiro atoms. The average molecular weight is 261 g/mol. The first-order chi connectivity index (χ1) is 9.17. The molecular weight excluding hydrogens is 242 g/mol.